The van der Waals surface area contributed by atoms with Crippen molar-refractivity contribution in [3.05, 3.63) is 175 Å². The molecule has 8 rings (SSSR count). The summed E-state index contributed by atoms with van der Waals surface area (Å²) >= 11 is 0. The van der Waals surface area contributed by atoms with Crippen molar-refractivity contribution in [2.24, 2.45) is 0 Å². The highest BCUT2D eigenvalue weighted by atomic mass is 15.0. The number of nitriles is 1. The Morgan fingerprint density at radius 2 is 0.792 bits per heavy atom. The first-order valence-corrected chi connectivity index (χ1v) is 15.8. The SMILES string of the molecule is N#Cc1ccc(-c2ccc(-c3cccc4cccc(-c5cccc(-c6nc(-c7ccccc7)nc(-c7ccccc7)n6)c5)c34)cc2)cc1. The minimum atomic E-state index is 0.628. The van der Waals surface area contributed by atoms with Crippen LogP contribution in [0.4, 0.5) is 0 Å². The van der Waals surface area contributed by atoms with Gasteiger partial charge in [0.25, 0.3) is 0 Å². The van der Waals surface area contributed by atoms with Gasteiger partial charge in [-0.05, 0) is 62.4 Å². The van der Waals surface area contributed by atoms with Crippen molar-refractivity contribution in [3.8, 4) is 73.6 Å². The minimum absolute atomic E-state index is 0.628. The second-order valence-electron chi connectivity index (χ2n) is 11.6. The molecule has 0 aliphatic rings. The van der Waals surface area contributed by atoms with E-state index in [1.807, 2.05) is 84.9 Å². The number of hydrogen-bond acceptors (Lipinski definition) is 4. The molecule has 8 aromatic rings. The van der Waals surface area contributed by atoms with Gasteiger partial charge in [0.15, 0.2) is 17.5 Å². The van der Waals surface area contributed by atoms with Crippen LogP contribution < -0.4 is 0 Å². The van der Waals surface area contributed by atoms with Crippen molar-refractivity contribution in [2.45, 2.75) is 0 Å². The van der Waals surface area contributed by atoms with E-state index >= 15 is 0 Å². The van der Waals surface area contributed by atoms with Gasteiger partial charge in [-0.25, -0.2) is 15.0 Å². The highest BCUT2D eigenvalue weighted by Crippen LogP contribution is 2.38. The molecular formula is C44H28N4. The molecule has 0 spiro atoms. The lowest BCUT2D eigenvalue weighted by molar-refractivity contribution is 1.07. The van der Waals surface area contributed by atoms with Crippen LogP contribution in [0.2, 0.25) is 0 Å². The summed E-state index contributed by atoms with van der Waals surface area (Å²) in [7, 11) is 0. The van der Waals surface area contributed by atoms with Gasteiger partial charge in [-0.15, -0.1) is 0 Å². The first-order chi connectivity index (χ1) is 23.7. The smallest absolute Gasteiger partial charge is 0.164 e. The molecule has 224 valence electrons. The molecule has 0 radical (unpaired) electrons. The van der Waals surface area contributed by atoms with Gasteiger partial charge >= 0.3 is 0 Å². The van der Waals surface area contributed by atoms with Crippen LogP contribution in [-0.2, 0) is 0 Å². The zero-order chi connectivity index (χ0) is 32.3. The second-order valence-corrected chi connectivity index (χ2v) is 11.6. The predicted octanol–water partition coefficient (Wildman–Crippen LogP) is 10.9. The van der Waals surface area contributed by atoms with E-state index in [1.165, 1.54) is 10.8 Å². The van der Waals surface area contributed by atoms with E-state index in [2.05, 4.69) is 91.0 Å². The first kappa shape index (κ1) is 28.8. The van der Waals surface area contributed by atoms with Crippen LogP contribution >= 0.6 is 0 Å². The van der Waals surface area contributed by atoms with Crippen LogP contribution in [0.1, 0.15) is 5.56 Å². The van der Waals surface area contributed by atoms with Gasteiger partial charge < -0.3 is 0 Å². The van der Waals surface area contributed by atoms with Gasteiger partial charge in [-0.1, -0.05) is 152 Å². The molecule has 48 heavy (non-hydrogen) atoms. The fraction of sp³-hybridized carbons (Fsp3) is 0. The summed E-state index contributed by atoms with van der Waals surface area (Å²) < 4.78 is 0. The molecule has 0 unspecified atom stereocenters. The summed E-state index contributed by atoms with van der Waals surface area (Å²) in [6.45, 7) is 0. The van der Waals surface area contributed by atoms with Gasteiger partial charge in [0.05, 0.1) is 11.6 Å². The number of nitrogens with zero attached hydrogens (tertiary/aromatic N) is 4. The molecule has 4 nitrogen and oxygen atoms in total. The Labute approximate surface area is 279 Å². The van der Waals surface area contributed by atoms with E-state index < -0.39 is 0 Å². The molecule has 1 heterocycles. The minimum Gasteiger partial charge on any atom is -0.208 e. The average Bonchev–Trinajstić information content (AvgIpc) is 3.18. The Morgan fingerprint density at radius 1 is 0.354 bits per heavy atom. The van der Waals surface area contributed by atoms with E-state index in [1.54, 1.807) is 0 Å². The maximum atomic E-state index is 9.18. The monoisotopic (exact) mass is 612 g/mol. The van der Waals surface area contributed by atoms with Crippen LogP contribution in [0.15, 0.2) is 170 Å². The van der Waals surface area contributed by atoms with Crippen LogP contribution in [0, 0.1) is 11.3 Å². The molecule has 0 fully saturated rings. The summed E-state index contributed by atoms with van der Waals surface area (Å²) in [5.41, 5.74) is 10.2. The molecule has 0 saturated heterocycles. The quantitative estimate of drug-likeness (QED) is 0.187. The van der Waals surface area contributed by atoms with Gasteiger partial charge in [0.1, 0.15) is 0 Å². The lowest BCUT2D eigenvalue weighted by Crippen LogP contribution is -2.00. The molecule has 0 saturated carbocycles. The van der Waals surface area contributed by atoms with Crippen LogP contribution in [0.5, 0.6) is 0 Å². The molecule has 1 aromatic heterocycles. The third-order valence-electron chi connectivity index (χ3n) is 8.58. The maximum absolute atomic E-state index is 9.18. The highest BCUT2D eigenvalue weighted by Gasteiger charge is 2.15. The number of rotatable bonds is 6. The van der Waals surface area contributed by atoms with Crippen LogP contribution in [0.3, 0.4) is 0 Å². The lowest BCUT2D eigenvalue weighted by Gasteiger charge is -2.14. The molecular weight excluding hydrogens is 585 g/mol. The van der Waals surface area contributed by atoms with E-state index in [0.717, 1.165) is 50.1 Å². The average molecular weight is 613 g/mol. The van der Waals surface area contributed by atoms with E-state index in [0.29, 0.717) is 23.0 Å². The zero-order valence-corrected chi connectivity index (χ0v) is 26.0. The van der Waals surface area contributed by atoms with Gasteiger partial charge in [0.2, 0.25) is 0 Å². The maximum Gasteiger partial charge on any atom is 0.164 e. The Bertz CT molecular complexity index is 2370. The van der Waals surface area contributed by atoms with E-state index in [9.17, 15) is 5.26 Å². The van der Waals surface area contributed by atoms with Crippen LogP contribution in [0.25, 0.3) is 78.3 Å². The Morgan fingerprint density at radius 3 is 1.35 bits per heavy atom. The van der Waals surface area contributed by atoms with Gasteiger partial charge in [-0.3, -0.25) is 0 Å². The predicted molar refractivity (Wildman–Crippen MR) is 195 cm³/mol. The second kappa shape index (κ2) is 12.6. The van der Waals surface area contributed by atoms with Crippen LogP contribution in [-0.4, -0.2) is 15.0 Å². The highest BCUT2D eigenvalue weighted by molar-refractivity contribution is 6.06. The first-order valence-electron chi connectivity index (χ1n) is 15.8. The summed E-state index contributed by atoms with van der Waals surface area (Å²) in [5, 5.41) is 11.5. The Hall–Kier alpha value is -6.70. The standard InChI is InChI=1S/C44H28N4/c45-29-30-20-22-31(23-21-30)32-24-26-33(27-25-32)39-18-8-14-34-15-9-19-40(41(34)39)37-16-7-17-38(28-37)44-47-42(35-10-3-1-4-11-35)46-43(48-44)36-12-5-2-6-13-36/h1-28H. The number of benzene rings is 7. The topological polar surface area (TPSA) is 62.5 Å². The van der Waals surface area contributed by atoms with Crippen molar-refractivity contribution in [1.29, 1.82) is 5.26 Å². The molecule has 0 amide bonds. The third kappa shape index (κ3) is 5.62. The molecule has 0 atom stereocenters. The summed E-state index contributed by atoms with van der Waals surface area (Å²) in [6.07, 6.45) is 0. The number of aromatic nitrogens is 3. The van der Waals surface area contributed by atoms with E-state index in [-0.39, 0.29) is 0 Å². The zero-order valence-electron chi connectivity index (χ0n) is 26.0. The molecule has 4 heteroatoms. The molecule has 7 aromatic carbocycles. The van der Waals surface area contributed by atoms with Crippen molar-refractivity contribution in [1.82, 2.24) is 15.0 Å². The molecule has 0 bridgehead atoms. The number of hydrogen-bond donors (Lipinski definition) is 0. The van der Waals surface area contributed by atoms with Gasteiger partial charge in [-0.2, -0.15) is 5.26 Å². The normalized spacial score (nSPS) is 10.9. The van der Waals surface area contributed by atoms with E-state index in [4.69, 9.17) is 15.0 Å². The molecule has 0 N–H and O–H groups in total. The Balaban J connectivity index is 1.23. The van der Waals surface area contributed by atoms with Crippen molar-refractivity contribution >= 4 is 10.8 Å². The Kier molecular flexibility index (Phi) is 7.54. The molecule has 0 aliphatic carbocycles. The summed E-state index contributed by atoms with van der Waals surface area (Å²) in [5.74, 6) is 1.91. The van der Waals surface area contributed by atoms with Crippen molar-refractivity contribution in [3.63, 3.8) is 0 Å². The fourth-order valence-electron chi connectivity index (χ4n) is 6.17. The molecule has 0 aliphatic heterocycles. The lowest BCUT2D eigenvalue weighted by atomic mass is 9.90. The largest absolute Gasteiger partial charge is 0.208 e. The van der Waals surface area contributed by atoms with Crippen molar-refractivity contribution in [2.75, 3.05) is 0 Å². The van der Waals surface area contributed by atoms with Gasteiger partial charge in [0, 0.05) is 16.7 Å². The number of fused-ring (bicyclic) bond motifs is 1. The third-order valence-corrected chi connectivity index (χ3v) is 8.58. The van der Waals surface area contributed by atoms with Crippen molar-refractivity contribution < 1.29 is 0 Å². The fourth-order valence-corrected chi connectivity index (χ4v) is 6.17. The summed E-state index contributed by atoms with van der Waals surface area (Å²) in [4.78, 5) is 14.8. The summed E-state index contributed by atoms with van der Waals surface area (Å²) in [6, 6.07) is 60.1.